The molecule has 0 aromatic carbocycles. The van der Waals surface area contributed by atoms with Gasteiger partial charge in [0.25, 0.3) is 0 Å². The summed E-state index contributed by atoms with van der Waals surface area (Å²) >= 11 is 0. The fraction of sp³-hybridized carbons (Fsp3) is 0.875. The third kappa shape index (κ3) is 3.43. The van der Waals surface area contributed by atoms with E-state index in [1.54, 1.807) is 7.05 Å². The Morgan fingerprint density at radius 3 is 2.69 bits per heavy atom. The van der Waals surface area contributed by atoms with E-state index in [-0.39, 0.29) is 6.04 Å². The Kier molecular flexibility index (Phi) is 4.36. The predicted octanol–water partition coefficient (Wildman–Crippen LogP) is -0.838. The van der Waals surface area contributed by atoms with Gasteiger partial charge in [0.15, 0.2) is 0 Å². The molecule has 1 fully saturated rings. The van der Waals surface area contributed by atoms with Gasteiger partial charge in [0, 0.05) is 41.9 Å². The molecule has 1 N–H and O–H groups in total. The van der Waals surface area contributed by atoms with Crippen LogP contribution in [0.25, 0.3) is 0 Å². The highest BCUT2D eigenvalue weighted by Crippen LogP contribution is 2.00. The highest BCUT2D eigenvalue weighted by Gasteiger charge is 2.17. The van der Waals surface area contributed by atoms with Crippen LogP contribution in [0.3, 0.4) is 0 Å². The molecule has 0 aliphatic carbocycles. The Morgan fingerprint density at radius 1 is 1.62 bits per heavy atom. The molecule has 1 aliphatic rings. The van der Waals surface area contributed by atoms with Crippen molar-refractivity contribution in [2.24, 2.45) is 0 Å². The van der Waals surface area contributed by atoms with E-state index in [9.17, 15) is 4.21 Å². The van der Waals surface area contributed by atoms with E-state index in [1.165, 1.54) is 0 Å². The summed E-state index contributed by atoms with van der Waals surface area (Å²) in [6.45, 7) is 2.45. The normalized spacial score (nSPS) is 22.5. The molecule has 0 saturated carbocycles. The molecule has 74 valence electrons. The molecule has 1 heterocycles. The van der Waals surface area contributed by atoms with Crippen LogP contribution < -0.4 is 5.32 Å². The molecular formula is C8H15N3OS. The molecule has 4 nitrogen and oxygen atoms in total. The number of hydrogen-bond acceptors (Lipinski definition) is 4. The first-order valence-electron chi connectivity index (χ1n) is 4.40. The standard InChI is InChI=1S/C8H15N3OS/c1-10-8(6-9)7-11-2-4-13(12)5-3-11/h8,10H,2-5,7H2,1H3. The number of nitriles is 1. The number of rotatable bonds is 3. The monoisotopic (exact) mass is 201 g/mol. The summed E-state index contributed by atoms with van der Waals surface area (Å²) in [6.07, 6.45) is 0. The van der Waals surface area contributed by atoms with E-state index < -0.39 is 10.8 Å². The zero-order valence-corrected chi connectivity index (χ0v) is 8.64. The molecule has 1 rings (SSSR count). The maximum atomic E-state index is 11.0. The van der Waals surface area contributed by atoms with Crippen molar-refractivity contribution >= 4 is 10.8 Å². The van der Waals surface area contributed by atoms with Crippen LogP contribution in [0.15, 0.2) is 0 Å². The highest BCUT2D eigenvalue weighted by atomic mass is 32.2. The summed E-state index contributed by atoms with van der Waals surface area (Å²) in [4.78, 5) is 2.19. The summed E-state index contributed by atoms with van der Waals surface area (Å²) in [6, 6.07) is 2.08. The van der Waals surface area contributed by atoms with Crippen molar-refractivity contribution in [3.63, 3.8) is 0 Å². The van der Waals surface area contributed by atoms with Gasteiger partial charge < -0.3 is 5.32 Å². The van der Waals surface area contributed by atoms with Crippen LogP contribution in [0, 0.1) is 11.3 Å². The molecule has 0 aromatic heterocycles. The fourth-order valence-corrected chi connectivity index (χ4v) is 2.44. The summed E-state index contributed by atoms with van der Waals surface area (Å²) < 4.78 is 11.0. The number of likely N-dealkylation sites (N-methyl/N-ethyl adjacent to an activating group) is 1. The van der Waals surface area contributed by atoms with Gasteiger partial charge in [0.05, 0.1) is 6.07 Å². The maximum absolute atomic E-state index is 11.0. The molecule has 1 atom stereocenters. The third-order valence-electron chi connectivity index (χ3n) is 2.22. The van der Waals surface area contributed by atoms with Crippen LogP contribution >= 0.6 is 0 Å². The van der Waals surface area contributed by atoms with Crippen LogP contribution in [-0.2, 0) is 10.8 Å². The van der Waals surface area contributed by atoms with E-state index in [0.717, 1.165) is 31.1 Å². The fourth-order valence-electron chi connectivity index (χ4n) is 1.31. The maximum Gasteiger partial charge on any atom is 0.108 e. The largest absolute Gasteiger partial charge is 0.304 e. The molecule has 0 bridgehead atoms. The van der Waals surface area contributed by atoms with E-state index in [2.05, 4.69) is 16.3 Å². The van der Waals surface area contributed by atoms with Crippen LogP contribution in [0.5, 0.6) is 0 Å². The van der Waals surface area contributed by atoms with Crippen molar-refractivity contribution in [3.05, 3.63) is 0 Å². The highest BCUT2D eigenvalue weighted by molar-refractivity contribution is 7.85. The summed E-state index contributed by atoms with van der Waals surface area (Å²) in [5, 5.41) is 11.6. The van der Waals surface area contributed by atoms with Crippen molar-refractivity contribution in [1.29, 1.82) is 5.26 Å². The average molecular weight is 201 g/mol. The minimum Gasteiger partial charge on any atom is -0.304 e. The zero-order chi connectivity index (χ0) is 9.68. The Hall–Kier alpha value is -0.440. The predicted molar refractivity (Wildman–Crippen MR) is 52.8 cm³/mol. The topological polar surface area (TPSA) is 56.1 Å². The second kappa shape index (κ2) is 5.32. The molecule has 1 unspecified atom stereocenters. The Labute approximate surface area is 81.4 Å². The molecule has 1 aliphatic heterocycles. The molecule has 0 spiro atoms. The minimum absolute atomic E-state index is 0.105. The lowest BCUT2D eigenvalue weighted by Crippen LogP contribution is -2.44. The van der Waals surface area contributed by atoms with Gasteiger partial charge in [-0.15, -0.1) is 0 Å². The summed E-state index contributed by atoms with van der Waals surface area (Å²) in [7, 11) is 1.16. The van der Waals surface area contributed by atoms with Crippen LogP contribution in [0.4, 0.5) is 0 Å². The van der Waals surface area contributed by atoms with Crippen LogP contribution in [0.2, 0.25) is 0 Å². The van der Waals surface area contributed by atoms with Gasteiger partial charge in [-0.1, -0.05) is 0 Å². The van der Waals surface area contributed by atoms with Crippen molar-refractivity contribution in [3.8, 4) is 6.07 Å². The van der Waals surface area contributed by atoms with Gasteiger partial charge in [-0.2, -0.15) is 5.26 Å². The Bertz CT molecular complexity index is 216. The number of hydrogen-bond donors (Lipinski definition) is 1. The van der Waals surface area contributed by atoms with E-state index in [4.69, 9.17) is 5.26 Å². The quantitative estimate of drug-likeness (QED) is 0.647. The van der Waals surface area contributed by atoms with Gasteiger partial charge in [0.1, 0.15) is 6.04 Å². The van der Waals surface area contributed by atoms with Crippen molar-refractivity contribution in [2.75, 3.05) is 38.2 Å². The second-order valence-electron chi connectivity index (χ2n) is 3.12. The first-order chi connectivity index (χ1) is 6.26. The molecule has 1 saturated heterocycles. The Morgan fingerprint density at radius 2 is 2.23 bits per heavy atom. The van der Waals surface area contributed by atoms with Crippen LogP contribution in [0.1, 0.15) is 0 Å². The summed E-state index contributed by atoms with van der Waals surface area (Å²) in [5.74, 6) is 1.50. The van der Waals surface area contributed by atoms with Crippen molar-refractivity contribution < 1.29 is 4.21 Å². The lowest BCUT2D eigenvalue weighted by molar-refractivity contribution is 0.284. The van der Waals surface area contributed by atoms with E-state index in [0.29, 0.717) is 0 Å². The van der Waals surface area contributed by atoms with Gasteiger partial charge in [-0.3, -0.25) is 9.11 Å². The van der Waals surface area contributed by atoms with E-state index in [1.807, 2.05) is 0 Å². The smallest absolute Gasteiger partial charge is 0.108 e. The van der Waals surface area contributed by atoms with Crippen molar-refractivity contribution in [2.45, 2.75) is 6.04 Å². The number of nitrogens with one attached hydrogen (secondary N) is 1. The van der Waals surface area contributed by atoms with Gasteiger partial charge >= 0.3 is 0 Å². The van der Waals surface area contributed by atoms with Gasteiger partial charge in [-0.25, -0.2) is 0 Å². The molecule has 0 radical (unpaired) electrons. The molecule has 0 amide bonds. The molecule has 5 heteroatoms. The minimum atomic E-state index is -0.625. The lowest BCUT2D eigenvalue weighted by atomic mass is 10.3. The average Bonchev–Trinajstić information content (AvgIpc) is 2.17. The van der Waals surface area contributed by atoms with E-state index >= 15 is 0 Å². The first kappa shape index (κ1) is 10.6. The SMILES string of the molecule is CNC(C#N)CN1CCS(=O)CC1. The van der Waals surface area contributed by atoms with Gasteiger partial charge in [-0.05, 0) is 7.05 Å². The van der Waals surface area contributed by atoms with Crippen molar-refractivity contribution in [1.82, 2.24) is 10.2 Å². The first-order valence-corrected chi connectivity index (χ1v) is 5.89. The van der Waals surface area contributed by atoms with Gasteiger partial charge in [0.2, 0.25) is 0 Å². The molecule has 0 aromatic rings. The van der Waals surface area contributed by atoms with Crippen LogP contribution in [-0.4, -0.2) is 53.3 Å². The molecular weight excluding hydrogens is 186 g/mol. The summed E-state index contributed by atoms with van der Waals surface area (Å²) in [5.41, 5.74) is 0. The zero-order valence-electron chi connectivity index (χ0n) is 7.82. The second-order valence-corrected chi connectivity index (χ2v) is 4.82. The number of nitrogens with zero attached hydrogens (tertiary/aromatic N) is 2. The Balaban J connectivity index is 2.30. The third-order valence-corrected chi connectivity index (χ3v) is 3.49. The molecule has 13 heavy (non-hydrogen) atoms. The lowest BCUT2D eigenvalue weighted by Gasteiger charge is -2.27.